The highest BCUT2D eigenvalue weighted by Crippen LogP contribution is 2.31. The van der Waals surface area contributed by atoms with Crippen molar-refractivity contribution in [3.63, 3.8) is 0 Å². The van der Waals surface area contributed by atoms with Crippen molar-refractivity contribution in [1.29, 1.82) is 0 Å². The number of nitrogens with zero attached hydrogens (tertiary/aromatic N) is 3. The van der Waals surface area contributed by atoms with Crippen molar-refractivity contribution in [2.45, 2.75) is 46.6 Å². The molecule has 1 unspecified atom stereocenters. The molecule has 0 aliphatic carbocycles. The van der Waals surface area contributed by atoms with Gasteiger partial charge in [-0.1, -0.05) is 18.2 Å². The first-order valence-corrected chi connectivity index (χ1v) is 10.5. The van der Waals surface area contributed by atoms with Crippen molar-refractivity contribution >= 4 is 27.9 Å². The third kappa shape index (κ3) is 3.65. The Hall–Kier alpha value is -3.35. The first kappa shape index (κ1) is 20.9. The Morgan fingerprint density at radius 3 is 2.68 bits per heavy atom. The van der Waals surface area contributed by atoms with E-state index in [1.54, 1.807) is 11.8 Å². The number of pyridine rings is 1. The molecule has 0 fully saturated rings. The van der Waals surface area contributed by atoms with E-state index in [0.29, 0.717) is 18.7 Å². The van der Waals surface area contributed by atoms with Crippen LogP contribution in [-0.4, -0.2) is 27.8 Å². The number of aryl methyl sites for hydroxylation is 4. The predicted octanol–water partition coefficient (Wildman–Crippen LogP) is 4.46. The van der Waals surface area contributed by atoms with Crippen LogP contribution in [0.4, 0.5) is 0 Å². The zero-order valence-electron chi connectivity index (χ0n) is 18.9. The van der Waals surface area contributed by atoms with Gasteiger partial charge >= 0.3 is 0 Å². The lowest BCUT2D eigenvalue weighted by molar-refractivity contribution is -0.121. The first-order chi connectivity index (χ1) is 14.8. The normalized spacial score (nSPS) is 12.5. The van der Waals surface area contributed by atoms with Crippen LogP contribution in [0.2, 0.25) is 0 Å². The second-order valence-electron chi connectivity index (χ2n) is 8.01. The zero-order valence-corrected chi connectivity index (χ0v) is 18.9. The molecule has 0 spiro atoms. The van der Waals surface area contributed by atoms with Crippen LogP contribution in [0.5, 0.6) is 5.88 Å². The molecule has 31 heavy (non-hydrogen) atoms. The molecule has 0 aliphatic rings. The van der Waals surface area contributed by atoms with Gasteiger partial charge in [0.05, 0.1) is 18.5 Å². The van der Waals surface area contributed by atoms with Crippen molar-refractivity contribution < 1.29 is 13.9 Å². The smallest absolute Gasteiger partial charge is 0.242 e. The maximum Gasteiger partial charge on any atom is 0.242 e. The van der Waals surface area contributed by atoms with Crippen LogP contribution in [-0.2, 0) is 18.3 Å². The third-order valence-electron chi connectivity index (χ3n) is 5.97. The Kier molecular flexibility index (Phi) is 5.43. The largest absolute Gasteiger partial charge is 0.479 e. The van der Waals surface area contributed by atoms with Gasteiger partial charge in [0.25, 0.3) is 0 Å². The van der Waals surface area contributed by atoms with E-state index in [2.05, 4.69) is 10.4 Å². The molecule has 7 heteroatoms. The molecule has 1 aromatic carbocycles. The van der Waals surface area contributed by atoms with E-state index in [9.17, 15) is 4.79 Å². The number of rotatable bonds is 6. The third-order valence-corrected chi connectivity index (χ3v) is 5.97. The Balaban J connectivity index is 1.51. The van der Waals surface area contributed by atoms with Crippen LogP contribution in [0.1, 0.15) is 47.5 Å². The Morgan fingerprint density at radius 1 is 1.23 bits per heavy atom. The summed E-state index contributed by atoms with van der Waals surface area (Å²) in [5, 5.41) is 9.44. The molecular formula is C24H28N4O3. The topological polar surface area (TPSA) is 82.2 Å². The van der Waals surface area contributed by atoms with Gasteiger partial charge in [-0.05, 0) is 51.3 Å². The van der Waals surface area contributed by atoms with E-state index in [-0.39, 0.29) is 11.9 Å². The van der Waals surface area contributed by atoms with Gasteiger partial charge in [-0.15, -0.1) is 5.10 Å². The fourth-order valence-electron chi connectivity index (χ4n) is 4.33. The SMILES string of the molecule is COc1nn(C)c2nc(C)c(CCC(=O)NC(C)c3oc4ccccc4c3C)c(C)c12. The number of benzene rings is 1. The Labute approximate surface area is 181 Å². The van der Waals surface area contributed by atoms with Crippen LogP contribution >= 0.6 is 0 Å². The molecule has 162 valence electrons. The number of ether oxygens (including phenoxy) is 1. The fraction of sp³-hybridized carbons (Fsp3) is 0.375. The van der Waals surface area contributed by atoms with Gasteiger partial charge in [-0.25, -0.2) is 9.67 Å². The number of carbonyl (C=O) groups is 1. The Morgan fingerprint density at radius 2 is 1.97 bits per heavy atom. The molecule has 3 aromatic heterocycles. The van der Waals surface area contributed by atoms with Gasteiger partial charge in [0.15, 0.2) is 5.65 Å². The highest BCUT2D eigenvalue weighted by molar-refractivity contribution is 5.87. The van der Waals surface area contributed by atoms with Crippen molar-refractivity contribution in [3.05, 3.63) is 52.4 Å². The number of amides is 1. The summed E-state index contributed by atoms with van der Waals surface area (Å²) in [5.41, 5.74) is 5.71. The number of nitrogens with one attached hydrogen (secondary N) is 1. The maximum atomic E-state index is 12.7. The molecule has 3 heterocycles. The average molecular weight is 421 g/mol. The minimum absolute atomic E-state index is 0.0237. The van der Waals surface area contributed by atoms with Gasteiger partial charge in [0.2, 0.25) is 11.8 Å². The number of para-hydroxylation sites is 1. The summed E-state index contributed by atoms with van der Waals surface area (Å²) < 4.78 is 13.1. The van der Waals surface area contributed by atoms with Gasteiger partial charge in [0.1, 0.15) is 11.3 Å². The van der Waals surface area contributed by atoms with Crippen molar-refractivity contribution in [3.8, 4) is 5.88 Å². The molecule has 0 saturated carbocycles. The molecular weight excluding hydrogens is 392 g/mol. The van der Waals surface area contributed by atoms with E-state index in [1.807, 2.05) is 59.0 Å². The van der Waals surface area contributed by atoms with Crippen molar-refractivity contribution in [1.82, 2.24) is 20.1 Å². The van der Waals surface area contributed by atoms with E-state index >= 15 is 0 Å². The van der Waals surface area contributed by atoms with Crippen LogP contribution < -0.4 is 10.1 Å². The molecule has 0 bridgehead atoms. The molecule has 4 rings (SSSR count). The quantitative estimate of drug-likeness (QED) is 0.498. The molecule has 4 aromatic rings. The summed E-state index contributed by atoms with van der Waals surface area (Å²) in [6.45, 7) is 7.99. The minimum atomic E-state index is -0.207. The molecule has 1 amide bonds. The summed E-state index contributed by atoms with van der Waals surface area (Å²) >= 11 is 0. The van der Waals surface area contributed by atoms with Crippen LogP contribution in [0.15, 0.2) is 28.7 Å². The number of furan rings is 1. The van der Waals surface area contributed by atoms with Gasteiger partial charge in [-0.2, -0.15) is 0 Å². The molecule has 1 N–H and O–H groups in total. The van der Waals surface area contributed by atoms with E-state index in [1.165, 1.54) is 0 Å². The summed E-state index contributed by atoms with van der Waals surface area (Å²) in [5.74, 6) is 1.33. The second kappa shape index (κ2) is 8.06. The first-order valence-electron chi connectivity index (χ1n) is 10.5. The van der Waals surface area contributed by atoms with E-state index < -0.39 is 0 Å². The number of carbonyl (C=O) groups excluding carboxylic acids is 1. The number of hydrogen-bond donors (Lipinski definition) is 1. The van der Waals surface area contributed by atoms with Crippen LogP contribution in [0.3, 0.4) is 0 Å². The second-order valence-corrected chi connectivity index (χ2v) is 8.01. The van der Waals surface area contributed by atoms with Crippen LogP contribution in [0.25, 0.3) is 22.0 Å². The van der Waals surface area contributed by atoms with Crippen molar-refractivity contribution in [2.24, 2.45) is 7.05 Å². The lowest BCUT2D eigenvalue weighted by Crippen LogP contribution is -2.27. The molecule has 0 saturated heterocycles. The van der Waals surface area contributed by atoms with Crippen molar-refractivity contribution in [2.75, 3.05) is 7.11 Å². The zero-order chi connectivity index (χ0) is 22.3. The lowest BCUT2D eigenvalue weighted by atomic mass is 10.00. The minimum Gasteiger partial charge on any atom is -0.479 e. The number of fused-ring (bicyclic) bond motifs is 2. The number of aromatic nitrogens is 3. The number of hydrogen-bond acceptors (Lipinski definition) is 5. The average Bonchev–Trinajstić information content (AvgIpc) is 3.25. The van der Waals surface area contributed by atoms with Gasteiger partial charge in [0, 0.05) is 30.1 Å². The molecule has 1 atom stereocenters. The molecule has 7 nitrogen and oxygen atoms in total. The fourth-order valence-corrected chi connectivity index (χ4v) is 4.33. The van der Waals surface area contributed by atoms with E-state index in [4.69, 9.17) is 14.1 Å². The predicted molar refractivity (Wildman–Crippen MR) is 120 cm³/mol. The summed E-state index contributed by atoms with van der Waals surface area (Å²) in [4.78, 5) is 17.4. The summed E-state index contributed by atoms with van der Waals surface area (Å²) in [6.07, 6.45) is 0.956. The number of methoxy groups -OCH3 is 1. The summed E-state index contributed by atoms with van der Waals surface area (Å²) in [6, 6.07) is 7.71. The standard InChI is InChI=1S/C24H28N4O3/c1-13-17(15(3)26-23-21(13)24(30-6)27-28(23)5)11-12-20(29)25-16(4)22-14(2)18-9-7-8-10-19(18)31-22/h7-10,16H,11-12H2,1-6H3,(H,25,29). The molecule has 0 radical (unpaired) electrons. The lowest BCUT2D eigenvalue weighted by Gasteiger charge is -2.14. The summed E-state index contributed by atoms with van der Waals surface area (Å²) in [7, 11) is 3.46. The highest BCUT2D eigenvalue weighted by atomic mass is 16.5. The highest BCUT2D eigenvalue weighted by Gasteiger charge is 2.21. The van der Waals surface area contributed by atoms with Gasteiger partial charge < -0.3 is 14.5 Å². The van der Waals surface area contributed by atoms with E-state index in [0.717, 1.165) is 50.1 Å². The maximum absolute atomic E-state index is 12.7. The Bertz CT molecular complexity index is 1290. The monoisotopic (exact) mass is 420 g/mol. The van der Waals surface area contributed by atoms with Gasteiger partial charge in [-0.3, -0.25) is 4.79 Å². The molecule has 0 aliphatic heterocycles. The van der Waals surface area contributed by atoms with Crippen LogP contribution in [0, 0.1) is 20.8 Å².